The minimum absolute atomic E-state index is 0.0549. The molecule has 0 radical (unpaired) electrons. The summed E-state index contributed by atoms with van der Waals surface area (Å²) in [4.78, 5) is 1.58. The molecule has 0 unspecified atom stereocenters. The molecule has 2 rings (SSSR count). The second-order valence-electron chi connectivity index (χ2n) is 10.1. The highest BCUT2D eigenvalue weighted by molar-refractivity contribution is 8.03. The van der Waals surface area contributed by atoms with Crippen molar-refractivity contribution in [2.45, 2.75) is 71.5 Å². The summed E-state index contributed by atoms with van der Waals surface area (Å²) in [6.07, 6.45) is -1.94. The molecule has 138 valence electrons. The van der Waals surface area contributed by atoms with Crippen LogP contribution in [0.5, 0.6) is 0 Å². The van der Waals surface area contributed by atoms with Crippen LogP contribution < -0.4 is 0 Å². The highest BCUT2D eigenvalue weighted by Gasteiger charge is 2.46. The molecule has 0 aliphatic heterocycles. The summed E-state index contributed by atoms with van der Waals surface area (Å²) in [7, 11) is -1.67. The Morgan fingerprint density at radius 2 is 1.28 bits per heavy atom. The third-order valence-electron chi connectivity index (χ3n) is 4.91. The largest absolute Gasteiger partial charge is 0.0967 e. The van der Waals surface area contributed by atoms with E-state index < -0.39 is 14.3 Å². The first kappa shape index (κ1) is 20.8. The summed E-state index contributed by atoms with van der Waals surface area (Å²) >= 11 is 7.79. The van der Waals surface area contributed by atoms with Crippen LogP contribution in [0.1, 0.15) is 47.1 Å². The lowest BCUT2D eigenvalue weighted by molar-refractivity contribution is 0.715. The normalized spacial score (nSPS) is 14.0. The third kappa shape index (κ3) is 3.66. The summed E-state index contributed by atoms with van der Waals surface area (Å²) in [5, 5.41) is 2.77. The number of rotatable bonds is 2. The van der Waals surface area contributed by atoms with Gasteiger partial charge >= 0.3 is 0 Å². The Morgan fingerprint density at radius 1 is 0.800 bits per heavy atom. The van der Waals surface area contributed by atoms with Crippen molar-refractivity contribution in [1.29, 1.82) is 0 Å². The van der Waals surface area contributed by atoms with Crippen LogP contribution >= 0.6 is 17.5 Å². The van der Waals surface area contributed by atoms with Crippen molar-refractivity contribution in [3.8, 4) is 0 Å². The van der Waals surface area contributed by atoms with Gasteiger partial charge in [0, 0.05) is 0 Å². The predicted molar refractivity (Wildman–Crippen MR) is 124 cm³/mol. The molecule has 0 aliphatic rings. The molecular formula is C22H34ClPSi. The van der Waals surface area contributed by atoms with Crippen LogP contribution in [0.15, 0.2) is 42.5 Å². The molecule has 2 aromatic rings. The minimum Gasteiger partial charge on any atom is -0.0967 e. The molecule has 25 heavy (non-hydrogen) atoms. The first-order valence-corrected chi connectivity index (χ1v) is 15.4. The van der Waals surface area contributed by atoms with E-state index in [1.165, 1.54) is 16.3 Å². The van der Waals surface area contributed by atoms with Crippen LogP contribution in [-0.2, 0) is 0 Å². The van der Waals surface area contributed by atoms with Crippen molar-refractivity contribution in [1.82, 2.24) is 0 Å². The number of benzene rings is 2. The van der Waals surface area contributed by atoms with E-state index in [4.69, 9.17) is 11.2 Å². The second-order valence-corrected chi connectivity index (χ2v) is 21.3. The molecule has 0 aromatic heterocycles. The van der Waals surface area contributed by atoms with Gasteiger partial charge in [-0.15, -0.1) is 0 Å². The molecule has 0 N–H and O–H groups in total. The summed E-state index contributed by atoms with van der Waals surface area (Å²) in [5.74, 6) is 0. The Hall–Kier alpha value is -0.493. The van der Waals surface area contributed by atoms with Crippen molar-refractivity contribution in [2.24, 2.45) is 0 Å². The Bertz CT molecular complexity index is 806. The molecule has 0 saturated heterocycles. The molecule has 0 spiro atoms. The predicted octanol–water partition coefficient (Wildman–Crippen LogP) is 8.01. The van der Waals surface area contributed by atoms with E-state index in [-0.39, 0.29) is 10.3 Å². The van der Waals surface area contributed by atoms with E-state index in [2.05, 4.69) is 104 Å². The lowest BCUT2D eigenvalue weighted by atomic mass is 10.1. The first-order valence-electron chi connectivity index (χ1n) is 9.16. The van der Waals surface area contributed by atoms with Gasteiger partial charge in [-0.1, -0.05) is 115 Å². The molecule has 3 heteroatoms. The highest BCUT2D eigenvalue weighted by atomic mass is 35.7. The topological polar surface area (TPSA) is 0 Å². The zero-order chi connectivity index (χ0) is 19.3. The fourth-order valence-electron chi connectivity index (χ4n) is 4.14. The van der Waals surface area contributed by atoms with Gasteiger partial charge in [0.25, 0.3) is 0 Å². The van der Waals surface area contributed by atoms with Crippen LogP contribution in [0.4, 0.5) is 0 Å². The van der Waals surface area contributed by atoms with Crippen molar-refractivity contribution in [3.05, 3.63) is 48.0 Å². The van der Waals surface area contributed by atoms with Gasteiger partial charge in [-0.3, -0.25) is 0 Å². The third-order valence-corrected chi connectivity index (χ3v) is 18.2. The maximum absolute atomic E-state index is 7.79. The molecule has 0 nitrogen and oxygen atoms in total. The fraction of sp³-hybridized carbons (Fsp3) is 0.500. The standard InChI is InChI=1S/C22H34ClPSi/c1-21(2,3)24(23,22(4,5)6)20(25(7,8)9)19-16-12-14-17-13-10-11-15-18(17)19/h10-16H,1-9H3. The summed E-state index contributed by atoms with van der Waals surface area (Å²) in [5.41, 5.74) is 1.39. The van der Waals surface area contributed by atoms with Gasteiger partial charge in [-0.05, 0) is 37.8 Å². The number of fused-ring (bicyclic) bond motifs is 1. The van der Waals surface area contributed by atoms with Gasteiger partial charge in [-0.2, -0.15) is 0 Å². The van der Waals surface area contributed by atoms with Gasteiger partial charge < -0.3 is 0 Å². The Kier molecular flexibility index (Phi) is 5.49. The van der Waals surface area contributed by atoms with Crippen LogP contribution in [0.25, 0.3) is 10.8 Å². The van der Waals surface area contributed by atoms with E-state index in [0.717, 1.165) is 0 Å². The molecule has 0 aliphatic carbocycles. The lowest BCUT2D eigenvalue weighted by Crippen LogP contribution is -2.41. The highest BCUT2D eigenvalue weighted by Crippen LogP contribution is 2.74. The van der Waals surface area contributed by atoms with Crippen molar-refractivity contribution in [2.75, 3.05) is 0 Å². The second kappa shape index (κ2) is 6.59. The van der Waals surface area contributed by atoms with Crippen LogP contribution in [0.2, 0.25) is 19.6 Å². The summed E-state index contributed by atoms with van der Waals surface area (Å²) < 4.78 is 0. The van der Waals surface area contributed by atoms with E-state index in [1.54, 1.807) is 4.92 Å². The molecule has 0 saturated carbocycles. The molecule has 0 bridgehead atoms. The number of halogens is 1. The fourth-order valence-corrected chi connectivity index (χ4v) is 17.3. The van der Waals surface area contributed by atoms with E-state index >= 15 is 0 Å². The van der Waals surface area contributed by atoms with Crippen LogP contribution in [0, 0.1) is 0 Å². The van der Waals surface area contributed by atoms with Gasteiger partial charge in [0.1, 0.15) is 0 Å². The SMILES string of the molecule is CC(C)(C)P(Cl)(=C(c1cccc2ccccc12)[Si](C)(C)C)C(C)(C)C. The average molecular weight is 393 g/mol. The summed E-state index contributed by atoms with van der Waals surface area (Å²) in [6.45, 7) is 21.4. The van der Waals surface area contributed by atoms with Crippen molar-refractivity contribution < 1.29 is 0 Å². The van der Waals surface area contributed by atoms with Crippen LogP contribution in [-0.4, -0.2) is 23.3 Å². The number of hydrogen-bond acceptors (Lipinski definition) is 0. The molecular weight excluding hydrogens is 359 g/mol. The maximum Gasteiger partial charge on any atom is 0.0801 e. The zero-order valence-corrected chi connectivity index (χ0v) is 20.0. The van der Waals surface area contributed by atoms with Gasteiger partial charge in [0.05, 0.1) is 8.07 Å². The first-order chi connectivity index (χ1) is 11.2. The Labute approximate surface area is 160 Å². The maximum atomic E-state index is 7.79. The lowest BCUT2D eigenvalue weighted by Gasteiger charge is -2.48. The molecule has 0 fully saturated rings. The van der Waals surface area contributed by atoms with E-state index in [1.807, 2.05) is 0 Å². The van der Waals surface area contributed by atoms with E-state index in [9.17, 15) is 0 Å². The van der Waals surface area contributed by atoms with E-state index in [0.29, 0.717) is 0 Å². The van der Waals surface area contributed by atoms with Crippen molar-refractivity contribution in [3.63, 3.8) is 0 Å². The Balaban J connectivity index is 3.14. The molecule has 0 atom stereocenters. The molecule has 0 heterocycles. The smallest absolute Gasteiger partial charge is 0.0801 e. The van der Waals surface area contributed by atoms with Gasteiger partial charge in [-0.25, -0.2) is 0 Å². The quantitative estimate of drug-likeness (QED) is 0.358. The van der Waals surface area contributed by atoms with Crippen LogP contribution in [0.3, 0.4) is 0 Å². The molecule has 2 aromatic carbocycles. The molecule has 0 amide bonds. The Morgan fingerprint density at radius 3 is 1.76 bits per heavy atom. The minimum atomic E-state index is -1.94. The van der Waals surface area contributed by atoms with Gasteiger partial charge in [0.2, 0.25) is 0 Å². The van der Waals surface area contributed by atoms with Gasteiger partial charge in [0.15, 0.2) is 0 Å². The monoisotopic (exact) mass is 392 g/mol. The van der Waals surface area contributed by atoms with Crippen molar-refractivity contribution >= 4 is 41.2 Å². The average Bonchev–Trinajstić information content (AvgIpc) is 2.43. The number of hydrogen-bond donors (Lipinski definition) is 0. The zero-order valence-electron chi connectivity index (χ0n) is 17.4. The summed E-state index contributed by atoms with van der Waals surface area (Å²) in [6, 6.07) is 15.5.